The third kappa shape index (κ3) is 8.74. The summed E-state index contributed by atoms with van der Waals surface area (Å²) in [7, 11) is 0. The fraction of sp³-hybridized carbons (Fsp3) is 0.0526. The molecule has 0 saturated carbocycles. The van der Waals surface area contributed by atoms with Crippen LogP contribution in [-0.2, 0) is 11.3 Å². The standard InChI is InChI=1S/C24BF20.C14H11Cl3NO2/c26-5-1(6(27)14(35)21(42)13(5)34)25(2-7(28)15(36)22(43)16(37)8(2)29,3-9(30)17(38)23(44)18(39)10(3)31)4-11(32)19(40)24(45)20(41)12(4)33;15-14(16,17)20-13(19)12-6-8-18(9-7-12)10-11-4-2-1-3-5-11/h;1-9H,10H2/q-1;+1. The molecule has 6 aromatic rings. The minimum Gasteiger partial charge on any atom is -0.411 e. The Morgan fingerprint density at radius 2 is 0.662 bits per heavy atom. The van der Waals surface area contributed by atoms with Crippen molar-refractivity contribution in [2.75, 3.05) is 0 Å². The Bertz CT molecular complexity index is 2500. The van der Waals surface area contributed by atoms with Crippen LogP contribution in [0.25, 0.3) is 0 Å². The molecule has 3 nitrogen and oxygen atoms in total. The molecule has 1 aromatic heterocycles. The Kier molecular flexibility index (Phi) is 14.4. The van der Waals surface area contributed by atoms with E-state index in [2.05, 4.69) is 4.74 Å². The number of alkyl halides is 3. The molecule has 0 saturated heterocycles. The first-order valence-electron chi connectivity index (χ1n) is 16.7. The van der Waals surface area contributed by atoms with Crippen LogP contribution >= 0.6 is 34.8 Å². The Morgan fingerprint density at radius 3 is 0.908 bits per heavy atom. The molecular weight excluding hydrogens is 1000 g/mol. The average molecular weight is 1010 g/mol. The number of carbonyl (C=O) groups is 1. The third-order valence-electron chi connectivity index (χ3n) is 9.25. The van der Waals surface area contributed by atoms with Gasteiger partial charge < -0.3 is 4.74 Å². The van der Waals surface area contributed by atoms with Gasteiger partial charge in [0.15, 0.2) is 88.7 Å². The number of hydrogen-bond acceptors (Lipinski definition) is 2. The Hall–Kier alpha value is -5.75. The second kappa shape index (κ2) is 18.6. The van der Waals surface area contributed by atoms with Crippen LogP contribution in [0.4, 0.5) is 87.8 Å². The molecule has 27 heteroatoms. The highest BCUT2D eigenvalue weighted by molar-refractivity contribution is 7.20. The van der Waals surface area contributed by atoms with E-state index in [0.29, 0.717) is 12.1 Å². The zero-order valence-corrected chi connectivity index (χ0v) is 32.7. The molecule has 0 spiro atoms. The van der Waals surface area contributed by atoms with E-state index >= 15 is 35.1 Å². The summed E-state index contributed by atoms with van der Waals surface area (Å²) in [6.45, 7) is 0.709. The highest BCUT2D eigenvalue weighted by Crippen LogP contribution is 2.31. The molecule has 0 aliphatic carbocycles. The summed E-state index contributed by atoms with van der Waals surface area (Å²) in [5.41, 5.74) is -12.8. The number of aromatic nitrogens is 1. The van der Waals surface area contributed by atoms with Crippen molar-refractivity contribution in [3.8, 4) is 0 Å². The second-order valence-electron chi connectivity index (χ2n) is 12.9. The van der Waals surface area contributed by atoms with E-state index < -0.39 is 154 Å². The maximum absolute atomic E-state index is 15.4. The van der Waals surface area contributed by atoms with Crippen LogP contribution in [0, 0.1) is 116 Å². The lowest BCUT2D eigenvalue weighted by atomic mass is 9.12. The van der Waals surface area contributed by atoms with Gasteiger partial charge in [-0.3, -0.25) is 0 Å². The van der Waals surface area contributed by atoms with Crippen molar-refractivity contribution < 1.29 is 102 Å². The molecule has 0 amide bonds. The molecule has 5 aromatic carbocycles. The van der Waals surface area contributed by atoms with Crippen LogP contribution in [-0.4, -0.2) is 16.1 Å². The number of carbonyl (C=O) groups excluding carboxylic acids is 1. The van der Waals surface area contributed by atoms with Crippen LogP contribution in [0.5, 0.6) is 0 Å². The minimum absolute atomic E-state index is 0.320. The molecule has 344 valence electrons. The first kappa shape index (κ1) is 50.3. The molecular formula is C38H11BCl3F20NO2. The monoisotopic (exact) mass is 1010 g/mol. The molecule has 0 atom stereocenters. The Labute approximate surface area is 362 Å². The van der Waals surface area contributed by atoms with Crippen LogP contribution < -0.4 is 26.4 Å². The van der Waals surface area contributed by atoms with Crippen LogP contribution in [0.15, 0.2) is 54.9 Å². The summed E-state index contributed by atoms with van der Waals surface area (Å²) in [6, 6.07) is 13.2. The number of pyridine rings is 1. The van der Waals surface area contributed by atoms with E-state index in [0.717, 1.165) is 5.56 Å². The first-order valence-corrected chi connectivity index (χ1v) is 17.8. The van der Waals surface area contributed by atoms with Gasteiger partial charge in [0.25, 0.3) is 0 Å². The number of benzene rings is 5. The van der Waals surface area contributed by atoms with E-state index in [1.807, 2.05) is 34.9 Å². The van der Waals surface area contributed by atoms with Crippen LogP contribution in [0.3, 0.4) is 0 Å². The van der Waals surface area contributed by atoms with Crippen molar-refractivity contribution in [2.24, 2.45) is 0 Å². The molecule has 6 rings (SSSR count). The Morgan fingerprint density at radius 1 is 0.415 bits per heavy atom. The molecule has 1 heterocycles. The first-order chi connectivity index (χ1) is 30.1. The fourth-order valence-electron chi connectivity index (χ4n) is 6.53. The summed E-state index contributed by atoms with van der Waals surface area (Å²) in [5, 5.41) is 0. The topological polar surface area (TPSA) is 30.2 Å². The summed E-state index contributed by atoms with van der Waals surface area (Å²) in [5.74, 6) is -72.1. The number of hydrogen-bond donors (Lipinski definition) is 0. The van der Waals surface area contributed by atoms with Gasteiger partial charge in [-0.1, -0.05) is 30.3 Å². The van der Waals surface area contributed by atoms with Gasteiger partial charge in [-0.05, 0) is 34.8 Å². The predicted octanol–water partition coefficient (Wildman–Crippen LogP) is 9.35. The van der Waals surface area contributed by atoms with Gasteiger partial charge in [0, 0.05) is 17.7 Å². The molecule has 0 aliphatic heterocycles. The number of rotatable bonds is 7. The molecule has 0 unspecified atom stereocenters. The van der Waals surface area contributed by atoms with Crippen molar-refractivity contribution in [3.63, 3.8) is 0 Å². The molecule has 0 radical (unpaired) electrons. The minimum atomic E-state index is -7.22. The molecule has 0 bridgehead atoms. The molecule has 0 aliphatic rings. The average Bonchev–Trinajstić information content (AvgIpc) is 3.26. The van der Waals surface area contributed by atoms with Crippen molar-refractivity contribution in [3.05, 3.63) is 182 Å². The normalized spacial score (nSPS) is 11.7. The third-order valence-corrected chi connectivity index (χ3v) is 9.48. The number of halogens is 23. The second-order valence-corrected chi connectivity index (χ2v) is 15.1. The SMILES string of the molecule is Fc1c(F)c(F)c([B-](c2c(F)c(F)c(F)c(F)c2F)(c2c(F)c(F)c(F)c(F)c2F)c2c(F)c(F)c(F)c(F)c2F)c(F)c1F.O=C(OC(Cl)(Cl)Cl)c1cc[n+](Cc2ccccc2)cc1. The lowest BCUT2D eigenvalue weighted by molar-refractivity contribution is -0.688. The zero-order valence-electron chi connectivity index (χ0n) is 30.4. The number of ether oxygens (including phenoxy) is 1. The summed E-state index contributed by atoms with van der Waals surface area (Å²) in [4.78, 5) is 11.6. The lowest BCUT2D eigenvalue weighted by Gasteiger charge is -2.44. The quantitative estimate of drug-likeness (QED) is 0.0304. The highest BCUT2D eigenvalue weighted by Gasteiger charge is 2.52. The highest BCUT2D eigenvalue weighted by atomic mass is 35.6. The van der Waals surface area contributed by atoms with Crippen molar-refractivity contribution >= 4 is 68.8 Å². The molecule has 0 N–H and O–H groups in total. The molecule has 0 fully saturated rings. The van der Waals surface area contributed by atoms with Gasteiger partial charge in [-0.25, -0.2) is 97.2 Å². The zero-order chi connectivity index (χ0) is 48.9. The Balaban J connectivity index is 0.000000330. The van der Waals surface area contributed by atoms with Gasteiger partial charge in [0.1, 0.15) is 52.7 Å². The predicted molar refractivity (Wildman–Crippen MR) is 187 cm³/mol. The van der Waals surface area contributed by atoms with Crippen LogP contribution in [0.1, 0.15) is 15.9 Å². The van der Waals surface area contributed by atoms with Gasteiger partial charge in [0.05, 0.1) is 5.56 Å². The van der Waals surface area contributed by atoms with E-state index in [1.54, 1.807) is 24.5 Å². The van der Waals surface area contributed by atoms with Crippen molar-refractivity contribution in [1.82, 2.24) is 0 Å². The largest absolute Gasteiger partial charge is 0.411 e. The van der Waals surface area contributed by atoms with E-state index in [4.69, 9.17) is 34.8 Å². The molecule has 65 heavy (non-hydrogen) atoms. The van der Waals surface area contributed by atoms with E-state index in [9.17, 15) is 57.5 Å². The van der Waals surface area contributed by atoms with Crippen molar-refractivity contribution in [2.45, 2.75) is 10.5 Å². The van der Waals surface area contributed by atoms with Crippen molar-refractivity contribution in [1.29, 1.82) is 0 Å². The van der Waals surface area contributed by atoms with Crippen LogP contribution in [0.2, 0.25) is 0 Å². The number of nitrogens with zero attached hydrogens (tertiary/aromatic N) is 1. The van der Waals surface area contributed by atoms with E-state index in [-0.39, 0.29) is 0 Å². The fourth-order valence-corrected chi connectivity index (χ4v) is 6.74. The summed E-state index contributed by atoms with van der Waals surface area (Å²) in [6.07, 6.45) is -3.69. The summed E-state index contributed by atoms with van der Waals surface area (Å²) >= 11 is 16.2. The number of esters is 1. The lowest BCUT2D eigenvalue weighted by Crippen LogP contribution is -2.81. The van der Waals surface area contributed by atoms with Gasteiger partial charge in [-0.15, -0.1) is 21.9 Å². The summed E-state index contributed by atoms with van der Waals surface area (Å²) < 4.78 is 298. The van der Waals surface area contributed by atoms with Gasteiger partial charge >= 0.3 is 9.95 Å². The van der Waals surface area contributed by atoms with Gasteiger partial charge in [0.2, 0.25) is 0 Å². The maximum atomic E-state index is 15.4. The smallest absolute Gasteiger partial charge is 0.342 e. The van der Waals surface area contributed by atoms with Gasteiger partial charge in [-0.2, -0.15) is 0 Å². The van der Waals surface area contributed by atoms with E-state index in [1.165, 1.54) is 0 Å². The maximum Gasteiger partial charge on any atom is 0.342 e.